The van der Waals surface area contributed by atoms with E-state index in [4.69, 9.17) is 0 Å². The highest BCUT2D eigenvalue weighted by Crippen LogP contribution is 2.21. The second-order valence-corrected chi connectivity index (χ2v) is 3.74. The van der Waals surface area contributed by atoms with Gasteiger partial charge in [-0.1, -0.05) is 26.0 Å². The van der Waals surface area contributed by atoms with Crippen molar-refractivity contribution in [1.29, 1.82) is 0 Å². The van der Waals surface area contributed by atoms with Crippen molar-refractivity contribution in [3.05, 3.63) is 35.7 Å². The average molecular weight is 190 g/mol. The maximum absolute atomic E-state index is 11.8. The molecular weight excluding hydrogens is 174 g/mol. The molecule has 0 saturated carbocycles. The van der Waals surface area contributed by atoms with Crippen LogP contribution in [-0.4, -0.2) is 19.9 Å². The third kappa shape index (κ3) is 2.13. The van der Waals surface area contributed by atoms with E-state index in [9.17, 15) is 4.79 Å². The number of benzene rings is 1. The van der Waals surface area contributed by atoms with E-state index in [-0.39, 0.29) is 5.78 Å². The van der Waals surface area contributed by atoms with E-state index >= 15 is 0 Å². The minimum Gasteiger partial charge on any atom is -0.377 e. The van der Waals surface area contributed by atoms with Gasteiger partial charge >= 0.3 is 0 Å². The molecule has 0 heterocycles. The lowest BCUT2D eigenvalue weighted by Crippen LogP contribution is -2.15. The highest BCUT2D eigenvalue weighted by Gasteiger charge is 2.15. The fourth-order valence-electron chi connectivity index (χ4n) is 1.32. The van der Waals surface area contributed by atoms with E-state index in [0.717, 1.165) is 17.2 Å². The molecule has 0 unspecified atom stereocenters. The van der Waals surface area contributed by atoms with Crippen LogP contribution in [0.15, 0.2) is 24.3 Å². The Morgan fingerprint density at radius 2 is 1.71 bits per heavy atom. The SMILES string of the molecule is C[C](C)C(=O)c1ccccc1N(C)C. The Bertz CT molecular complexity index is 329. The van der Waals surface area contributed by atoms with Crippen LogP contribution < -0.4 is 4.90 Å². The number of Topliss-reactive ketones (excluding diaryl/α,β-unsaturated/α-hetero) is 1. The molecule has 0 atom stereocenters. The number of ketones is 1. The molecule has 0 aromatic heterocycles. The predicted octanol–water partition coefficient (Wildman–Crippen LogP) is 2.55. The highest BCUT2D eigenvalue weighted by molar-refractivity contribution is 6.09. The van der Waals surface area contributed by atoms with Crippen LogP contribution in [0.2, 0.25) is 0 Å². The second-order valence-electron chi connectivity index (χ2n) is 3.74. The highest BCUT2D eigenvalue weighted by atomic mass is 16.1. The van der Waals surface area contributed by atoms with E-state index in [1.165, 1.54) is 0 Å². The number of hydrogen-bond donors (Lipinski definition) is 0. The molecule has 0 N–H and O–H groups in total. The molecule has 2 heteroatoms. The van der Waals surface area contributed by atoms with Crippen LogP contribution in [0.25, 0.3) is 0 Å². The van der Waals surface area contributed by atoms with Gasteiger partial charge in [-0.05, 0) is 12.1 Å². The molecule has 14 heavy (non-hydrogen) atoms. The van der Waals surface area contributed by atoms with Gasteiger partial charge in [0, 0.05) is 31.3 Å². The number of para-hydroxylation sites is 1. The zero-order chi connectivity index (χ0) is 10.7. The number of hydrogen-bond acceptors (Lipinski definition) is 2. The summed E-state index contributed by atoms with van der Waals surface area (Å²) in [5.41, 5.74) is 1.75. The maximum Gasteiger partial charge on any atom is 0.171 e. The van der Waals surface area contributed by atoms with Crippen molar-refractivity contribution < 1.29 is 4.79 Å². The first-order valence-electron chi connectivity index (χ1n) is 4.65. The summed E-state index contributed by atoms with van der Waals surface area (Å²) in [5.74, 6) is 0.939. The smallest absolute Gasteiger partial charge is 0.171 e. The average Bonchev–Trinajstić information content (AvgIpc) is 2.16. The number of carbonyl (C=O) groups is 1. The zero-order valence-electron chi connectivity index (χ0n) is 9.16. The lowest BCUT2D eigenvalue weighted by Gasteiger charge is -2.17. The Morgan fingerprint density at radius 1 is 1.14 bits per heavy atom. The number of carbonyl (C=O) groups excluding carboxylic acids is 1. The second kappa shape index (κ2) is 4.27. The first-order chi connectivity index (χ1) is 6.54. The minimum atomic E-state index is 0.120. The maximum atomic E-state index is 11.8. The molecule has 2 nitrogen and oxygen atoms in total. The molecular formula is C12H16NO. The van der Waals surface area contributed by atoms with Gasteiger partial charge in [0.25, 0.3) is 0 Å². The summed E-state index contributed by atoms with van der Waals surface area (Å²) in [7, 11) is 3.88. The van der Waals surface area contributed by atoms with Crippen molar-refractivity contribution in [3.63, 3.8) is 0 Å². The molecule has 0 saturated heterocycles. The summed E-state index contributed by atoms with van der Waals surface area (Å²) < 4.78 is 0. The monoisotopic (exact) mass is 190 g/mol. The van der Waals surface area contributed by atoms with Gasteiger partial charge in [-0.15, -0.1) is 0 Å². The van der Waals surface area contributed by atoms with E-state index < -0.39 is 0 Å². The van der Waals surface area contributed by atoms with Crippen LogP contribution >= 0.6 is 0 Å². The standard InChI is InChI=1S/C12H16NO/c1-9(2)12(14)10-7-5-6-8-11(10)13(3)4/h5-8H,1-4H3. The molecule has 1 radical (unpaired) electrons. The summed E-state index contributed by atoms with van der Waals surface area (Å²) in [6.45, 7) is 3.68. The molecule has 0 bridgehead atoms. The topological polar surface area (TPSA) is 20.3 Å². The van der Waals surface area contributed by atoms with Gasteiger partial charge in [-0.3, -0.25) is 4.79 Å². The third-order valence-corrected chi connectivity index (χ3v) is 2.08. The van der Waals surface area contributed by atoms with Gasteiger partial charge in [0.05, 0.1) is 0 Å². The fraction of sp³-hybridized carbons (Fsp3) is 0.333. The van der Waals surface area contributed by atoms with E-state index in [0.29, 0.717) is 0 Å². The molecule has 1 aromatic rings. The van der Waals surface area contributed by atoms with Crippen LogP contribution in [0.5, 0.6) is 0 Å². The predicted molar refractivity (Wildman–Crippen MR) is 59.7 cm³/mol. The van der Waals surface area contributed by atoms with Crippen molar-refractivity contribution in [2.75, 3.05) is 19.0 Å². The molecule has 0 aliphatic carbocycles. The normalized spacial score (nSPS) is 10.4. The first-order valence-corrected chi connectivity index (χ1v) is 4.65. The quantitative estimate of drug-likeness (QED) is 0.683. The summed E-state index contributed by atoms with van der Waals surface area (Å²) in [6.07, 6.45) is 0. The van der Waals surface area contributed by atoms with Gasteiger partial charge in [0.15, 0.2) is 5.78 Å². The Labute approximate surface area is 85.5 Å². The molecule has 0 spiro atoms. The summed E-state index contributed by atoms with van der Waals surface area (Å²) in [6, 6.07) is 7.65. The van der Waals surface area contributed by atoms with Crippen LogP contribution in [0, 0.1) is 5.92 Å². The number of nitrogens with zero attached hydrogens (tertiary/aromatic N) is 1. The molecule has 0 aliphatic rings. The Balaban J connectivity index is 3.13. The summed E-state index contributed by atoms with van der Waals surface area (Å²) in [5, 5.41) is 0. The lowest BCUT2D eigenvalue weighted by molar-refractivity contribution is 0.101. The van der Waals surface area contributed by atoms with Gasteiger partial charge in [0.1, 0.15) is 0 Å². The van der Waals surface area contributed by atoms with Crippen molar-refractivity contribution in [2.24, 2.45) is 0 Å². The lowest BCUT2D eigenvalue weighted by atomic mass is 9.99. The minimum absolute atomic E-state index is 0.120. The van der Waals surface area contributed by atoms with Crippen molar-refractivity contribution in [1.82, 2.24) is 0 Å². The Morgan fingerprint density at radius 3 is 2.21 bits per heavy atom. The van der Waals surface area contributed by atoms with Crippen LogP contribution in [-0.2, 0) is 0 Å². The van der Waals surface area contributed by atoms with Crippen molar-refractivity contribution in [3.8, 4) is 0 Å². The van der Waals surface area contributed by atoms with Crippen molar-refractivity contribution >= 4 is 11.5 Å². The van der Waals surface area contributed by atoms with E-state index in [1.807, 2.05) is 57.1 Å². The van der Waals surface area contributed by atoms with Gasteiger partial charge in [0.2, 0.25) is 0 Å². The molecule has 1 aromatic carbocycles. The first kappa shape index (κ1) is 10.8. The largest absolute Gasteiger partial charge is 0.377 e. The van der Waals surface area contributed by atoms with Gasteiger partial charge in [-0.2, -0.15) is 0 Å². The van der Waals surface area contributed by atoms with Gasteiger partial charge < -0.3 is 4.90 Å². The van der Waals surface area contributed by atoms with Crippen LogP contribution in [0.4, 0.5) is 5.69 Å². The molecule has 1 rings (SSSR count). The fourth-order valence-corrected chi connectivity index (χ4v) is 1.32. The van der Waals surface area contributed by atoms with E-state index in [2.05, 4.69) is 0 Å². The molecule has 0 aliphatic heterocycles. The van der Waals surface area contributed by atoms with Crippen LogP contribution in [0.1, 0.15) is 24.2 Å². The van der Waals surface area contributed by atoms with Crippen molar-refractivity contribution in [2.45, 2.75) is 13.8 Å². The molecule has 0 amide bonds. The summed E-state index contributed by atoms with van der Waals surface area (Å²) in [4.78, 5) is 13.8. The van der Waals surface area contributed by atoms with Crippen LogP contribution in [0.3, 0.4) is 0 Å². The zero-order valence-corrected chi connectivity index (χ0v) is 9.16. The Kier molecular flexibility index (Phi) is 3.28. The Hall–Kier alpha value is -1.31. The van der Waals surface area contributed by atoms with Gasteiger partial charge in [-0.25, -0.2) is 0 Å². The summed E-state index contributed by atoms with van der Waals surface area (Å²) >= 11 is 0. The number of anilines is 1. The van der Waals surface area contributed by atoms with E-state index in [1.54, 1.807) is 0 Å². The molecule has 75 valence electrons. The molecule has 0 fully saturated rings. The number of rotatable bonds is 3. The third-order valence-electron chi connectivity index (χ3n) is 2.08.